The molecule has 9 nitrogen and oxygen atoms in total. The molecule has 0 bridgehead atoms. The zero-order valence-electron chi connectivity index (χ0n) is 17.3. The maximum absolute atomic E-state index is 12.0. The Balaban J connectivity index is 1.32. The highest BCUT2D eigenvalue weighted by Gasteiger charge is 2.40. The normalized spacial score (nSPS) is 23.0. The Morgan fingerprint density at radius 1 is 1.19 bits per heavy atom. The summed E-state index contributed by atoms with van der Waals surface area (Å²) in [5.74, 6) is 0.923. The van der Waals surface area contributed by atoms with Crippen LogP contribution in [0, 0.1) is 5.92 Å². The molecule has 6 rings (SSSR count). The maximum atomic E-state index is 12.0. The molecule has 3 N–H and O–H groups in total. The van der Waals surface area contributed by atoms with Crippen molar-refractivity contribution in [1.82, 2.24) is 25.1 Å². The van der Waals surface area contributed by atoms with Gasteiger partial charge in [-0.3, -0.25) is 14.8 Å². The predicted molar refractivity (Wildman–Crippen MR) is 113 cm³/mol. The zero-order chi connectivity index (χ0) is 20.9. The van der Waals surface area contributed by atoms with E-state index in [1.54, 1.807) is 18.7 Å². The first-order chi connectivity index (χ1) is 15.2. The number of nitrogens with zero attached hydrogens (tertiary/aromatic N) is 5. The van der Waals surface area contributed by atoms with Crippen molar-refractivity contribution in [1.29, 1.82) is 0 Å². The lowest BCUT2D eigenvalue weighted by molar-refractivity contribution is -0.120. The van der Waals surface area contributed by atoms with E-state index in [4.69, 9.17) is 15.5 Å². The third-order valence-electron chi connectivity index (χ3n) is 6.61. The van der Waals surface area contributed by atoms with Crippen molar-refractivity contribution in [2.45, 2.75) is 38.3 Å². The number of carbonyl (C=O) groups excluding carboxylic acids is 1. The van der Waals surface area contributed by atoms with Crippen LogP contribution in [0.4, 0.5) is 0 Å². The van der Waals surface area contributed by atoms with Crippen LogP contribution in [0.2, 0.25) is 0 Å². The van der Waals surface area contributed by atoms with Gasteiger partial charge in [0.25, 0.3) is 0 Å². The van der Waals surface area contributed by atoms with Gasteiger partial charge in [-0.25, -0.2) is 4.99 Å². The lowest BCUT2D eigenvalue weighted by Crippen LogP contribution is -2.47. The largest absolute Gasteiger partial charge is 0.495 e. The Morgan fingerprint density at radius 3 is 2.84 bits per heavy atom. The summed E-state index contributed by atoms with van der Waals surface area (Å²) in [6.45, 7) is 2.96. The molecule has 5 heterocycles. The van der Waals surface area contributed by atoms with Crippen LogP contribution in [-0.2, 0) is 22.5 Å². The Morgan fingerprint density at radius 2 is 2.03 bits per heavy atom. The minimum Gasteiger partial charge on any atom is -0.495 e. The maximum Gasteiger partial charge on any atom is 0.240 e. The molecule has 1 aliphatic carbocycles. The number of carbonyl (C=O) groups is 1. The van der Waals surface area contributed by atoms with Crippen molar-refractivity contribution in [3.63, 3.8) is 0 Å². The first kappa shape index (κ1) is 18.4. The van der Waals surface area contributed by atoms with Crippen LogP contribution in [0.5, 0.6) is 0 Å². The number of aromatic nitrogens is 2. The van der Waals surface area contributed by atoms with Crippen LogP contribution in [0.1, 0.15) is 30.7 Å². The fourth-order valence-corrected chi connectivity index (χ4v) is 4.87. The fourth-order valence-electron chi connectivity index (χ4n) is 4.87. The quantitative estimate of drug-likeness (QED) is 0.742. The standard InChI is InChI=1S/C22H25N7O2/c23-21(30)19(13-1-2-13)27-18-12-31-11-14-3-8-29-20(14)15(18)9-26-22(29)28-7-4-16-17(10-28)25-6-5-24-16/h5-6,9,12-13,19,27H,1-4,7-8,10-11H2,(H2,23,30). The predicted octanol–water partition coefficient (Wildman–Crippen LogP) is 0.773. The molecule has 1 fully saturated rings. The number of hydrogen-bond acceptors (Lipinski definition) is 8. The first-order valence-corrected chi connectivity index (χ1v) is 10.9. The molecule has 0 spiro atoms. The highest BCUT2D eigenvalue weighted by Crippen LogP contribution is 2.39. The van der Waals surface area contributed by atoms with Crippen molar-refractivity contribution >= 4 is 11.9 Å². The Hall–Kier alpha value is -3.36. The lowest BCUT2D eigenvalue weighted by Gasteiger charge is -2.38. The van der Waals surface area contributed by atoms with Gasteiger partial charge in [0.1, 0.15) is 18.9 Å². The molecular formula is C22H25N7O2. The van der Waals surface area contributed by atoms with Gasteiger partial charge >= 0.3 is 0 Å². The van der Waals surface area contributed by atoms with E-state index in [-0.39, 0.29) is 11.9 Å². The summed E-state index contributed by atoms with van der Waals surface area (Å²) in [5.41, 5.74) is 11.9. The van der Waals surface area contributed by atoms with Crippen LogP contribution in [-0.4, -0.2) is 57.4 Å². The summed E-state index contributed by atoms with van der Waals surface area (Å²) >= 11 is 0. The second kappa shape index (κ2) is 7.11. The summed E-state index contributed by atoms with van der Waals surface area (Å²) in [7, 11) is 0. The highest BCUT2D eigenvalue weighted by atomic mass is 16.5. The Bertz CT molecular complexity index is 1070. The number of amides is 1. The third-order valence-corrected chi connectivity index (χ3v) is 6.61. The van der Waals surface area contributed by atoms with E-state index in [2.05, 4.69) is 25.1 Å². The number of hydrogen-bond donors (Lipinski definition) is 2. The van der Waals surface area contributed by atoms with E-state index < -0.39 is 0 Å². The van der Waals surface area contributed by atoms with Gasteiger partial charge in [-0.1, -0.05) is 0 Å². The van der Waals surface area contributed by atoms with E-state index in [0.717, 1.165) is 73.1 Å². The molecule has 1 aromatic rings. The zero-order valence-corrected chi connectivity index (χ0v) is 17.3. The number of nitrogens with two attached hydrogens (primary N) is 1. The summed E-state index contributed by atoms with van der Waals surface area (Å²) < 4.78 is 5.85. The number of fused-ring (bicyclic) bond motifs is 1. The van der Waals surface area contributed by atoms with Crippen LogP contribution >= 0.6 is 0 Å². The van der Waals surface area contributed by atoms with Gasteiger partial charge in [-0.05, 0) is 30.8 Å². The molecule has 1 unspecified atom stereocenters. The van der Waals surface area contributed by atoms with Gasteiger partial charge < -0.3 is 25.6 Å². The minimum absolute atomic E-state index is 0.299. The van der Waals surface area contributed by atoms with Gasteiger partial charge in [0.2, 0.25) is 11.9 Å². The first-order valence-electron chi connectivity index (χ1n) is 10.9. The molecular weight excluding hydrogens is 394 g/mol. The van der Waals surface area contributed by atoms with Gasteiger partial charge in [0.15, 0.2) is 0 Å². The molecule has 4 aliphatic heterocycles. The number of guanidine groups is 1. The van der Waals surface area contributed by atoms with E-state index in [1.807, 2.05) is 6.20 Å². The second-order valence-corrected chi connectivity index (χ2v) is 8.65. The molecule has 0 aromatic carbocycles. The minimum atomic E-state index is -0.379. The monoisotopic (exact) mass is 419 g/mol. The average molecular weight is 419 g/mol. The number of aliphatic imine (C=N–C) groups is 1. The van der Waals surface area contributed by atoms with Crippen LogP contribution in [0.15, 0.2) is 52.4 Å². The molecule has 1 amide bonds. The molecule has 1 saturated carbocycles. The summed E-state index contributed by atoms with van der Waals surface area (Å²) in [4.78, 5) is 30.4. The van der Waals surface area contributed by atoms with E-state index in [9.17, 15) is 4.79 Å². The van der Waals surface area contributed by atoms with Crippen molar-refractivity contribution in [2.24, 2.45) is 16.6 Å². The van der Waals surface area contributed by atoms with E-state index >= 15 is 0 Å². The number of nitrogens with one attached hydrogen (secondary N) is 1. The van der Waals surface area contributed by atoms with E-state index in [1.165, 1.54) is 5.57 Å². The van der Waals surface area contributed by atoms with Gasteiger partial charge in [-0.2, -0.15) is 0 Å². The lowest BCUT2D eigenvalue weighted by atomic mass is 10.0. The smallest absolute Gasteiger partial charge is 0.240 e. The topological polar surface area (TPSA) is 109 Å². The van der Waals surface area contributed by atoms with Crippen LogP contribution < -0.4 is 11.1 Å². The molecule has 0 radical (unpaired) electrons. The molecule has 9 heteroatoms. The van der Waals surface area contributed by atoms with Crippen molar-refractivity contribution in [2.75, 3.05) is 19.7 Å². The molecule has 0 saturated heterocycles. The number of rotatable bonds is 4. The summed E-state index contributed by atoms with van der Waals surface area (Å²) in [6.07, 6.45) is 11.0. The summed E-state index contributed by atoms with van der Waals surface area (Å²) in [5, 5.41) is 3.36. The fraction of sp³-hybridized carbons (Fsp3) is 0.455. The van der Waals surface area contributed by atoms with Gasteiger partial charge in [0.05, 0.1) is 29.3 Å². The Labute approximate surface area is 180 Å². The highest BCUT2D eigenvalue weighted by molar-refractivity contribution is 5.87. The van der Waals surface area contributed by atoms with Crippen molar-refractivity contribution in [3.05, 3.63) is 58.8 Å². The number of primary amides is 1. The Kier molecular flexibility index (Phi) is 4.22. The third kappa shape index (κ3) is 3.15. The van der Waals surface area contributed by atoms with Gasteiger partial charge in [0, 0.05) is 43.7 Å². The molecule has 1 aromatic heterocycles. The molecule has 1 atom stereocenters. The number of ether oxygens (including phenoxy) is 1. The summed E-state index contributed by atoms with van der Waals surface area (Å²) in [6, 6.07) is -0.379. The SMILES string of the molecule is NC(=O)C(NC1=COCC2=C3C1=CN=C(N1CCc4nccnc4C1)N3CC2)C1CC1. The molecule has 160 valence electrons. The molecule has 31 heavy (non-hydrogen) atoms. The molecule has 5 aliphatic rings. The van der Waals surface area contributed by atoms with E-state index in [0.29, 0.717) is 19.1 Å². The second-order valence-electron chi connectivity index (χ2n) is 8.65. The van der Waals surface area contributed by atoms with Crippen LogP contribution in [0.25, 0.3) is 0 Å². The van der Waals surface area contributed by atoms with Crippen LogP contribution in [0.3, 0.4) is 0 Å². The van der Waals surface area contributed by atoms with Crippen molar-refractivity contribution in [3.8, 4) is 0 Å². The van der Waals surface area contributed by atoms with Gasteiger partial charge in [-0.15, -0.1) is 0 Å². The van der Waals surface area contributed by atoms with Crippen molar-refractivity contribution < 1.29 is 9.53 Å². The average Bonchev–Trinajstić information content (AvgIpc) is 3.56.